The Labute approximate surface area is 142 Å². The van der Waals surface area contributed by atoms with Crippen molar-refractivity contribution in [3.05, 3.63) is 82.7 Å². The fraction of sp³-hybridized carbons (Fsp3) is 0. The van der Waals surface area contributed by atoms with Crippen molar-refractivity contribution in [2.45, 2.75) is 0 Å². The third-order valence-corrected chi connectivity index (χ3v) is 4.02. The number of nitrogens with one attached hydrogen (secondary N) is 1. The minimum Gasteiger partial charge on any atom is -0.507 e. The molecule has 5 heteroatoms. The molecular formula is C20H13NO4. The number of fused-ring (bicyclic) bond motifs is 3. The van der Waals surface area contributed by atoms with Crippen LogP contribution in [0, 0.1) is 0 Å². The third-order valence-electron chi connectivity index (χ3n) is 4.02. The smallest absolute Gasteiger partial charge is 0.360 e. The van der Waals surface area contributed by atoms with E-state index >= 15 is 0 Å². The van der Waals surface area contributed by atoms with Gasteiger partial charge in [-0.2, -0.15) is 0 Å². The summed E-state index contributed by atoms with van der Waals surface area (Å²) in [6, 6.07) is 18.8. The lowest BCUT2D eigenvalue weighted by Crippen LogP contribution is -2.17. The molecule has 0 aliphatic heterocycles. The minimum absolute atomic E-state index is 0.0346. The number of phenols is 1. The van der Waals surface area contributed by atoms with Crippen molar-refractivity contribution in [1.29, 1.82) is 0 Å². The summed E-state index contributed by atoms with van der Waals surface area (Å²) < 4.78 is 5.29. The summed E-state index contributed by atoms with van der Waals surface area (Å²) in [5.74, 6) is -0.359. The maximum Gasteiger partial charge on any atom is 0.360 e. The molecule has 3 aromatic carbocycles. The van der Waals surface area contributed by atoms with E-state index in [0.29, 0.717) is 16.3 Å². The highest BCUT2D eigenvalue weighted by Gasteiger charge is 2.13. The molecule has 0 atom stereocenters. The van der Waals surface area contributed by atoms with Gasteiger partial charge in [-0.25, -0.2) is 4.79 Å². The third kappa shape index (κ3) is 2.61. The van der Waals surface area contributed by atoms with Gasteiger partial charge in [0.15, 0.2) is 0 Å². The second kappa shape index (κ2) is 5.79. The van der Waals surface area contributed by atoms with E-state index in [0.717, 1.165) is 5.39 Å². The summed E-state index contributed by atoms with van der Waals surface area (Å²) >= 11 is 0. The molecule has 0 fully saturated rings. The lowest BCUT2D eigenvalue weighted by atomic mass is 10.0. The number of amides is 1. The molecule has 0 unspecified atom stereocenters. The zero-order valence-electron chi connectivity index (χ0n) is 13.0. The topological polar surface area (TPSA) is 79.5 Å². The van der Waals surface area contributed by atoms with Gasteiger partial charge in [-0.05, 0) is 23.6 Å². The maximum atomic E-state index is 12.3. The first kappa shape index (κ1) is 15.0. The van der Waals surface area contributed by atoms with Gasteiger partial charge in [-0.1, -0.05) is 42.5 Å². The van der Waals surface area contributed by atoms with Gasteiger partial charge in [0.2, 0.25) is 0 Å². The van der Waals surface area contributed by atoms with Crippen molar-refractivity contribution in [3.8, 4) is 5.75 Å². The highest BCUT2D eigenvalue weighted by Crippen LogP contribution is 2.32. The molecule has 0 aliphatic rings. The number of carbonyl (C=O) groups is 1. The summed E-state index contributed by atoms with van der Waals surface area (Å²) in [6.45, 7) is 0. The number of hydrogen-bond acceptors (Lipinski definition) is 4. The molecule has 5 nitrogen and oxygen atoms in total. The van der Waals surface area contributed by atoms with Gasteiger partial charge in [0.1, 0.15) is 17.0 Å². The summed E-state index contributed by atoms with van der Waals surface area (Å²) in [5, 5.41) is 14.7. The van der Waals surface area contributed by atoms with E-state index in [4.69, 9.17) is 4.42 Å². The molecule has 0 saturated heterocycles. The first-order chi connectivity index (χ1) is 12.1. The molecule has 1 heterocycles. The van der Waals surface area contributed by atoms with E-state index in [2.05, 4.69) is 5.32 Å². The van der Waals surface area contributed by atoms with Crippen molar-refractivity contribution in [1.82, 2.24) is 0 Å². The molecule has 25 heavy (non-hydrogen) atoms. The Morgan fingerprint density at radius 1 is 0.880 bits per heavy atom. The van der Waals surface area contributed by atoms with E-state index in [9.17, 15) is 14.7 Å². The molecule has 122 valence electrons. The first-order valence-electron chi connectivity index (χ1n) is 7.68. The second-order valence-corrected chi connectivity index (χ2v) is 5.62. The predicted octanol–water partition coefficient (Wildman–Crippen LogP) is 3.90. The van der Waals surface area contributed by atoms with Crippen molar-refractivity contribution in [3.63, 3.8) is 0 Å². The number of carbonyl (C=O) groups excluding carboxylic acids is 1. The van der Waals surface area contributed by atoms with Crippen LogP contribution in [0.4, 0.5) is 5.69 Å². The summed E-state index contributed by atoms with van der Waals surface area (Å²) in [4.78, 5) is 24.5. The van der Waals surface area contributed by atoms with E-state index < -0.39 is 11.5 Å². The van der Waals surface area contributed by atoms with E-state index in [1.54, 1.807) is 42.5 Å². The standard InChI is InChI=1S/C20H13NO4/c22-17-11-18-15(13-8-4-5-9-14(13)17)10-16(20(24)25-18)21-19(23)12-6-2-1-3-7-12/h1-11,22H,(H,21,23). The van der Waals surface area contributed by atoms with Crippen LogP contribution in [0.2, 0.25) is 0 Å². The number of aromatic hydroxyl groups is 1. The largest absolute Gasteiger partial charge is 0.507 e. The monoisotopic (exact) mass is 331 g/mol. The maximum absolute atomic E-state index is 12.3. The Hall–Kier alpha value is -3.60. The normalized spacial score (nSPS) is 10.9. The van der Waals surface area contributed by atoms with Crippen molar-refractivity contribution in [2.24, 2.45) is 0 Å². The highest BCUT2D eigenvalue weighted by atomic mass is 16.4. The Morgan fingerprint density at radius 3 is 2.32 bits per heavy atom. The zero-order chi connectivity index (χ0) is 17.4. The minimum atomic E-state index is -0.675. The molecule has 0 bridgehead atoms. The molecule has 0 spiro atoms. The number of rotatable bonds is 2. The van der Waals surface area contributed by atoms with Crippen LogP contribution in [0.1, 0.15) is 10.4 Å². The number of benzene rings is 3. The number of anilines is 1. The molecule has 4 aromatic rings. The summed E-state index contributed by atoms with van der Waals surface area (Å²) in [7, 11) is 0. The Balaban J connectivity index is 1.86. The quantitative estimate of drug-likeness (QED) is 0.431. The van der Waals surface area contributed by atoms with Gasteiger partial charge in [0.25, 0.3) is 5.91 Å². The molecular weight excluding hydrogens is 318 g/mol. The predicted molar refractivity (Wildman–Crippen MR) is 96.0 cm³/mol. The highest BCUT2D eigenvalue weighted by molar-refractivity contribution is 6.10. The molecule has 1 aromatic heterocycles. The van der Waals surface area contributed by atoms with Gasteiger partial charge in [0.05, 0.1) is 0 Å². The second-order valence-electron chi connectivity index (χ2n) is 5.62. The van der Waals surface area contributed by atoms with E-state index in [1.807, 2.05) is 18.2 Å². The van der Waals surface area contributed by atoms with Crippen LogP contribution in [0.5, 0.6) is 5.75 Å². The van der Waals surface area contributed by atoms with E-state index in [-0.39, 0.29) is 17.0 Å². The molecule has 0 radical (unpaired) electrons. The van der Waals surface area contributed by atoms with Gasteiger partial charge in [-0.3, -0.25) is 4.79 Å². The Morgan fingerprint density at radius 2 is 1.56 bits per heavy atom. The first-order valence-corrected chi connectivity index (χ1v) is 7.68. The van der Waals surface area contributed by atoms with Crippen LogP contribution < -0.4 is 10.9 Å². The lowest BCUT2D eigenvalue weighted by molar-refractivity contribution is 0.102. The Kier molecular flexibility index (Phi) is 3.47. The average Bonchev–Trinajstić information content (AvgIpc) is 2.64. The van der Waals surface area contributed by atoms with Crippen molar-refractivity contribution >= 4 is 33.3 Å². The summed E-state index contributed by atoms with van der Waals surface area (Å²) in [6.07, 6.45) is 0. The fourth-order valence-electron chi connectivity index (χ4n) is 2.82. The molecule has 2 N–H and O–H groups in total. The SMILES string of the molecule is O=C(Nc1cc2c(cc(O)c3ccccc32)oc1=O)c1ccccc1. The van der Waals surface area contributed by atoms with Crippen LogP contribution in [0.15, 0.2) is 75.9 Å². The van der Waals surface area contributed by atoms with Crippen LogP contribution in [-0.4, -0.2) is 11.0 Å². The van der Waals surface area contributed by atoms with Crippen LogP contribution in [0.3, 0.4) is 0 Å². The van der Waals surface area contributed by atoms with Crippen LogP contribution >= 0.6 is 0 Å². The van der Waals surface area contributed by atoms with Crippen LogP contribution in [0.25, 0.3) is 21.7 Å². The van der Waals surface area contributed by atoms with Gasteiger partial charge >= 0.3 is 5.63 Å². The van der Waals surface area contributed by atoms with Gasteiger partial charge in [0, 0.05) is 22.4 Å². The Bertz CT molecular complexity index is 1160. The van der Waals surface area contributed by atoms with E-state index in [1.165, 1.54) is 6.07 Å². The fourth-order valence-corrected chi connectivity index (χ4v) is 2.82. The van der Waals surface area contributed by atoms with Crippen molar-refractivity contribution in [2.75, 3.05) is 5.32 Å². The molecule has 0 saturated carbocycles. The van der Waals surface area contributed by atoms with Gasteiger partial charge in [-0.15, -0.1) is 0 Å². The zero-order valence-corrected chi connectivity index (χ0v) is 13.0. The number of phenolic OH excluding ortho intramolecular Hbond substituents is 1. The number of hydrogen-bond donors (Lipinski definition) is 2. The van der Waals surface area contributed by atoms with Crippen molar-refractivity contribution < 1.29 is 14.3 Å². The van der Waals surface area contributed by atoms with Gasteiger partial charge < -0.3 is 14.8 Å². The van der Waals surface area contributed by atoms with Crippen LogP contribution in [-0.2, 0) is 0 Å². The summed E-state index contributed by atoms with van der Waals surface area (Å²) in [5.41, 5.74) is 0.0835. The molecule has 1 amide bonds. The average molecular weight is 331 g/mol. The molecule has 4 rings (SSSR count). The lowest BCUT2D eigenvalue weighted by Gasteiger charge is -2.08. The molecule has 0 aliphatic carbocycles.